The van der Waals surface area contributed by atoms with Crippen molar-refractivity contribution in [1.29, 1.82) is 0 Å². The smallest absolute Gasteiger partial charge is 0.306 e. The van der Waals surface area contributed by atoms with E-state index >= 15 is 0 Å². The number of aliphatic hydroxyl groups is 1. The molecule has 0 aromatic rings. The van der Waals surface area contributed by atoms with Crippen LogP contribution in [0.15, 0.2) is 12.3 Å². The van der Waals surface area contributed by atoms with Crippen molar-refractivity contribution in [3.63, 3.8) is 0 Å². The molecule has 0 rings (SSSR count). The Morgan fingerprint density at radius 3 is 1.54 bits per heavy atom. The Bertz CT molecular complexity index is 905. The van der Waals surface area contributed by atoms with Crippen LogP contribution in [0.1, 0.15) is 253 Å². The van der Waals surface area contributed by atoms with Gasteiger partial charge in [-0.25, -0.2) is 0 Å². The summed E-state index contributed by atoms with van der Waals surface area (Å²) in [5, 5.41) is 12.3. The minimum atomic E-state index is -0.355. The van der Waals surface area contributed by atoms with Crippen LogP contribution in [0.25, 0.3) is 0 Å². The summed E-state index contributed by atoms with van der Waals surface area (Å²) in [7, 11) is 0. The molecule has 1 atom stereocenters. The second kappa shape index (κ2) is 44.5. The van der Waals surface area contributed by atoms with Gasteiger partial charge in [0.1, 0.15) is 6.10 Å². The maximum atomic E-state index is 12.8. The molecule has 0 spiro atoms. The molecule has 2 N–H and O–H groups in total. The molecule has 0 fully saturated rings. The van der Waals surface area contributed by atoms with E-state index in [2.05, 4.69) is 44.5 Å². The molecule has 0 saturated carbocycles. The molecule has 0 aliphatic carbocycles. The van der Waals surface area contributed by atoms with Gasteiger partial charge in [-0.2, -0.15) is 0 Å². The lowest BCUT2D eigenvalue weighted by Crippen LogP contribution is -2.34. The lowest BCUT2D eigenvalue weighted by molar-refractivity contribution is -0.150. The molecule has 0 radical (unpaired) electrons. The molecule has 1 amide bonds. The Morgan fingerprint density at radius 2 is 1.02 bits per heavy atom. The van der Waals surface area contributed by atoms with Gasteiger partial charge in [-0.15, -0.1) is 0 Å². The first kappa shape index (κ1) is 57.4. The molecule has 7 nitrogen and oxygen atoms in total. The Labute approximate surface area is 367 Å². The third-order valence-electron chi connectivity index (χ3n) is 12.3. The van der Waals surface area contributed by atoms with Crippen LogP contribution in [0.3, 0.4) is 0 Å². The Hall–Kier alpha value is -1.60. The number of rotatable bonds is 47. The quantitative estimate of drug-likeness (QED) is 0.0361. The minimum Gasteiger partial charge on any atom is -0.499 e. The van der Waals surface area contributed by atoms with Crippen LogP contribution in [-0.4, -0.2) is 67.4 Å². The van der Waals surface area contributed by atoms with Crippen LogP contribution in [0.4, 0.5) is 0 Å². The van der Waals surface area contributed by atoms with Crippen LogP contribution in [0.5, 0.6) is 0 Å². The molecule has 0 heterocycles. The molecule has 0 saturated heterocycles. The first-order valence-electron chi connectivity index (χ1n) is 25.9. The van der Waals surface area contributed by atoms with E-state index < -0.39 is 0 Å². The van der Waals surface area contributed by atoms with Crippen LogP contribution < -0.4 is 5.32 Å². The highest BCUT2D eigenvalue weighted by molar-refractivity contribution is 5.78. The van der Waals surface area contributed by atoms with Crippen molar-refractivity contribution in [2.45, 2.75) is 259 Å². The number of aliphatic hydroxyl groups excluding tert-OH is 1. The predicted octanol–water partition coefficient (Wildman–Crippen LogP) is 14.4. The first-order valence-corrected chi connectivity index (χ1v) is 25.9. The Balaban J connectivity index is 4.51. The monoisotopic (exact) mass is 835 g/mol. The van der Waals surface area contributed by atoms with Gasteiger partial charge in [0.05, 0.1) is 24.9 Å². The van der Waals surface area contributed by atoms with Crippen molar-refractivity contribution in [1.82, 2.24) is 10.2 Å². The fraction of sp³-hybridized carbons (Fsp3) is 0.923. The number of carbonyl (C=O) groups excluding carboxylic acids is 2. The number of carbonyl (C=O) groups is 2. The van der Waals surface area contributed by atoms with Gasteiger partial charge in [0.2, 0.25) is 5.91 Å². The van der Waals surface area contributed by atoms with Crippen LogP contribution in [0.2, 0.25) is 0 Å². The number of allylic oxidation sites excluding steroid dienone is 1. The fourth-order valence-corrected chi connectivity index (χ4v) is 8.10. The lowest BCUT2D eigenvalue weighted by atomic mass is 9.93. The Morgan fingerprint density at radius 1 is 0.559 bits per heavy atom. The van der Waals surface area contributed by atoms with E-state index in [0.29, 0.717) is 13.0 Å². The normalized spacial score (nSPS) is 12.2. The standard InChI is InChI=1S/C52H102N2O5/c1-7-11-15-17-22-28-37-50(38-29-23-18-16-12-8-2)59-51(56)39-30-24-20-26-32-43-54(44-33-41-53-52(57)47(5)46-55)42-31-25-19-21-27-34-48(6)58-45-40-49(35-13-9-3)36-14-10-4/h47,49-50,55H,6-46H2,1-5H3,(H,53,57). The van der Waals surface area contributed by atoms with Gasteiger partial charge in [-0.05, 0) is 89.8 Å². The minimum absolute atomic E-state index is 0.0147. The number of unbranched alkanes of at least 4 members (excludes halogenated alkanes) is 20. The molecule has 0 aromatic carbocycles. The molecule has 0 aliphatic heterocycles. The Kier molecular flexibility index (Phi) is 43.3. The number of hydrogen-bond acceptors (Lipinski definition) is 6. The predicted molar refractivity (Wildman–Crippen MR) is 254 cm³/mol. The van der Waals surface area contributed by atoms with Crippen LogP contribution >= 0.6 is 0 Å². The highest BCUT2D eigenvalue weighted by Crippen LogP contribution is 2.22. The molecule has 350 valence electrons. The summed E-state index contributed by atoms with van der Waals surface area (Å²) in [6.45, 7) is 19.6. The summed E-state index contributed by atoms with van der Waals surface area (Å²) >= 11 is 0. The van der Waals surface area contributed by atoms with E-state index in [9.17, 15) is 14.7 Å². The number of hydrogen-bond donors (Lipinski definition) is 2. The second-order valence-corrected chi connectivity index (χ2v) is 18.2. The van der Waals surface area contributed by atoms with Crippen molar-refractivity contribution in [2.75, 3.05) is 39.4 Å². The third kappa shape index (κ3) is 39.0. The second-order valence-electron chi connectivity index (χ2n) is 18.2. The molecular formula is C52H102N2O5. The summed E-state index contributed by atoms with van der Waals surface area (Å²) in [6, 6.07) is 0. The number of amides is 1. The molecular weight excluding hydrogens is 733 g/mol. The van der Waals surface area contributed by atoms with Crippen molar-refractivity contribution in [3.05, 3.63) is 12.3 Å². The average Bonchev–Trinajstić information content (AvgIpc) is 3.23. The summed E-state index contributed by atoms with van der Waals surface area (Å²) < 4.78 is 12.1. The van der Waals surface area contributed by atoms with Crippen LogP contribution in [0, 0.1) is 11.8 Å². The van der Waals surface area contributed by atoms with E-state index in [1.54, 1.807) is 6.92 Å². The molecule has 0 aliphatic rings. The average molecular weight is 835 g/mol. The van der Waals surface area contributed by atoms with E-state index in [4.69, 9.17) is 9.47 Å². The zero-order chi connectivity index (χ0) is 43.4. The lowest BCUT2D eigenvalue weighted by Gasteiger charge is -2.22. The van der Waals surface area contributed by atoms with Crippen LogP contribution in [-0.2, 0) is 19.1 Å². The maximum absolute atomic E-state index is 12.8. The maximum Gasteiger partial charge on any atom is 0.306 e. The zero-order valence-electron chi connectivity index (χ0n) is 40.3. The van der Waals surface area contributed by atoms with Crippen molar-refractivity contribution in [2.24, 2.45) is 11.8 Å². The summed E-state index contributed by atoms with van der Waals surface area (Å²) in [5.74, 6) is 1.36. The number of esters is 1. The van der Waals surface area contributed by atoms with Gasteiger partial charge in [-0.1, -0.05) is 182 Å². The SMILES string of the molecule is C=C(CCCCCCCN(CCCCCCCC(=O)OC(CCCCCCCC)CCCCCCCC)CCCNC(=O)C(C)CO)OCCC(CCCC)CCCC. The largest absolute Gasteiger partial charge is 0.499 e. The summed E-state index contributed by atoms with van der Waals surface area (Å²) in [5.41, 5.74) is 0. The first-order chi connectivity index (χ1) is 28.8. The van der Waals surface area contributed by atoms with Gasteiger partial charge >= 0.3 is 5.97 Å². The van der Waals surface area contributed by atoms with Gasteiger partial charge < -0.3 is 24.8 Å². The van der Waals surface area contributed by atoms with Crippen molar-refractivity contribution < 1.29 is 24.2 Å². The van der Waals surface area contributed by atoms with E-state index in [-0.39, 0.29) is 30.5 Å². The molecule has 59 heavy (non-hydrogen) atoms. The summed E-state index contributed by atoms with van der Waals surface area (Å²) in [4.78, 5) is 27.6. The molecule has 0 bridgehead atoms. The number of ether oxygens (including phenoxy) is 2. The summed E-state index contributed by atoms with van der Waals surface area (Å²) in [6.07, 6.45) is 40.6. The number of nitrogens with one attached hydrogen (secondary N) is 1. The van der Waals surface area contributed by atoms with Crippen molar-refractivity contribution in [3.8, 4) is 0 Å². The number of nitrogens with zero attached hydrogens (tertiary/aromatic N) is 1. The zero-order valence-corrected chi connectivity index (χ0v) is 40.3. The highest BCUT2D eigenvalue weighted by Gasteiger charge is 2.15. The third-order valence-corrected chi connectivity index (χ3v) is 12.3. The molecule has 1 unspecified atom stereocenters. The van der Waals surface area contributed by atoms with Crippen molar-refractivity contribution >= 4 is 11.9 Å². The van der Waals surface area contributed by atoms with E-state index in [0.717, 1.165) is 95.7 Å². The fourth-order valence-electron chi connectivity index (χ4n) is 8.10. The topological polar surface area (TPSA) is 88.1 Å². The molecule has 7 heteroatoms. The molecule has 0 aromatic heterocycles. The van der Waals surface area contributed by atoms with Gasteiger partial charge in [0.15, 0.2) is 0 Å². The van der Waals surface area contributed by atoms with E-state index in [1.807, 2.05) is 0 Å². The van der Waals surface area contributed by atoms with E-state index in [1.165, 1.54) is 154 Å². The highest BCUT2D eigenvalue weighted by atomic mass is 16.5. The van der Waals surface area contributed by atoms with Gasteiger partial charge in [-0.3, -0.25) is 9.59 Å². The van der Waals surface area contributed by atoms with Gasteiger partial charge in [0, 0.05) is 19.4 Å². The van der Waals surface area contributed by atoms with Gasteiger partial charge in [0.25, 0.3) is 0 Å².